The highest BCUT2D eigenvalue weighted by Gasteiger charge is 2.09. The number of rotatable bonds is 4. The molecule has 0 saturated heterocycles. The quantitative estimate of drug-likeness (QED) is 0.758. The average Bonchev–Trinajstić information content (AvgIpc) is 2.41. The van der Waals surface area contributed by atoms with E-state index in [2.05, 4.69) is 15.6 Å². The van der Waals surface area contributed by atoms with E-state index in [0.717, 1.165) is 0 Å². The van der Waals surface area contributed by atoms with Crippen LogP contribution in [0.1, 0.15) is 6.92 Å². The zero-order valence-electron chi connectivity index (χ0n) is 11.2. The van der Waals surface area contributed by atoms with E-state index in [4.69, 9.17) is 21.4 Å². The first-order chi connectivity index (χ1) is 10.0. The molecule has 1 aromatic heterocycles. The lowest BCUT2D eigenvalue weighted by Gasteiger charge is -2.16. The van der Waals surface area contributed by atoms with Crippen molar-refractivity contribution in [1.82, 2.24) is 10.3 Å². The van der Waals surface area contributed by atoms with E-state index in [1.807, 2.05) is 0 Å². The lowest BCUT2D eigenvalue weighted by atomic mass is 10.3. The van der Waals surface area contributed by atoms with Crippen LogP contribution in [0.15, 0.2) is 42.6 Å². The second kappa shape index (κ2) is 6.81. The third-order valence-electron chi connectivity index (χ3n) is 2.45. The van der Waals surface area contributed by atoms with Crippen molar-refractivity contribution >= 4 is 23.4 Å². The predicted octanol–water partition coefficient (Wildman–Crippen LogP) is 2.99. The number of anilines is 1. The standard InChI is InChI=1S/C14H14ClN3O3/c1-9(21-12-4-2-11(19)3-5-12)17-14(20)18-13-8-10(15)6-7-16-13/h2-9,19H,1H3,(H2,16,17,18,20). The number of phenols is 1. The summed E-state index contributed by atoms with van der Waals surface area (Å²) in [5.74, 6) is 1.02. The molecular weight excluding hydrogens is 294 g/mol. The van der Waals surface area contributed by atoms with E-state index in [1.165, 1.54) is 24.4 Å². The van der Waals surface area contributed by atoms with Gasteiger partial charge in [0, 0.05) is 11.2 Å². The first-order valence-corrected chi connectivity index (χ1v) is 6.55. The van der Waals surface area contributed by atoms with Crippen LogP contribution in [0, 0.1) is 0 Å². The number of amides is 2. The van der Waals surface area contributed by atoms with E-state index in [0.29, 0.717) is 16.6 Å². The fourth-order valence-corrected chi connectivity index (χ4v) is 1.73. The summed E-state index contributed by atoms with van der Waals surface area (Å²) in [6.07, 6.45) is 0.933. The number of carbonyl (C=O) groups is 1. The molecule has 1 aromatic carbocycles. The number of nitrogens with one attached hydrogen (secondary N) is 2. The molecule has 0 spiro atoms. The fraction of sp³-hybridized carbons (Fsp3) is 0.143. The van der Waals surface area contributed by atoms with Crippen molar-refractivity contribution in [3.8, 4) is 11.5 Å². The highest BCUT2D eigenvalue weighted by atomic mass is 35.5. The van der Waals surface area contributed by atoms with E-state index in [1.54, 1.807) is 25.1 Å². The molecule has 0 aliphatic rings. The van der Waals surface area contributed by atoms with Gasteiger partial charge in [0.15, 0.2) is 6.23 Å². The summed E-state index contributed by atoms with van der Waals surface area (Å²) in [5, 5.41) is 14.8. The van der Waals surface area contributed by atoms with E-state index >= 15 is 0 Å². The topological polar surface area (TPSA) is 83.5 Å². The van der Waals surface area contributed by atoms with Crippen molar-refractivity contribution in [1.29, 1.82) is 0 Å². The number of aromatic hydroxyl groups is 1. The Morgan fingerprint density at radius 2 is 2.05 bits per heavy atom. The first kappa shape index (κ1) is 14.9. The minimum Gasteiger partial charge on any atom is -0.508 e. The van der Waals surface area contributed by atoms with Gasteiger partial charge in [-0.2, -0.15) is 0 Å². The normalized spacial score (nSPS) is 11.5. The maximum absolute atomic E-state index is 11.8. The molecule has 1 atom stereocenters. The zero-order valence-corrected chi connectivity index (χ0v) is 12.0. The molecule has 2 aromatic rings. The number of pyridine rings is 1. The Kier molecular flexibility index (Phi) is 4.84. The third-order valence-corrected chi connectivity index (χ3v) is 2.68. The van der Waals surface area contributed by atoms with E-state index in [-0.39, 0.29) is 5.75 Å². The summed E-state index contributed by atoms with van der Waals surface area (Å²) in [7, 11) is 0. The van der Waals surface area contributed by atoms with Crippen LogP contribution < -0.4 is 15.4 Å². The van der Waals surface area contributed by atoms with Crippen molar-refractivity contribution in [3.63, 3.8) is 0 Å². The van der Waals surface area contributed by atoms with Crippen LogP contribution in [-0.2, 0) is 0 Å². The van der Waals surface area contributed by atoms with Gasteiger partial charge in [-0.05, 0) is 43.3 Å². The molecule has 0 fully saturated rings. The van der Waals surface area contributed by atoms with Crippen LogP contribution in [0.2, 0.25) is 5.02 Å². The number of aromatic nitrogens is 1. The number of halogens is 1. The summed E-state index contributed by atoms with van der Waals surface area (Å²) >= 11 is 5.80. The molecule has 6 nitrogen and oxygen atoms in total. The zero-order chi connectivity index (χ0) is 15.2. The Balaban J connectivity index is 1.86. The molecule has 0 aliphatic heterocycles. The van der Waals surface area contributed by atoms with Gasteiger partial charge in [-0.1, -0.05) is 11.6 Å². The number of carbonyl (C=O) groups excluding carboxylic acids is 1. The van der Waals surface area contributed by atoms with Crippen LogP contribution >= 0.6 is 11.6 Å². The van der Waals surface area contributed by atoms with Gasteiger partial charge in [-0.3, -0.25) is 5.32 Å². The van der Waals surface area contributed by atoms with Gasteiger partial charge in [0.1, 0.15) is 17.3 Å². The SMILES string of the molecule is CC(NC(=O)Nc1cc(Cl)ccn1)Oc1ccc(O)cc1. The Morgan fingerprint density at radius 3 is 2.71 bits per heavy atom. The Bertz CT molecular complexity index is 619. The Morgan fingerprint density at radius 1 is 1.33 bits per heavy atom. The minimum absolute atomic E-state index is 0.146. The van der Waals surface area contributed by atoms with E-state index < -0.39 is 12.3 Å². The van der Waals surface area contributed by atoms with Gasteiger partial charge in [-0.25, -0.2) is 9.78 Å². The van der Waals surface area contributed by atoms with Crippen molar-refractivity contribution < 1.29 is 14.6 Å². The number of benzene rings is 1. The van der Waals surface area contributed by atoms with Crippen molar-refractivity contribution in [3.05, 3.63) is 47.6 Å². The van der Waals surface area contributed by atoms with Gasteiger partial charge in [-0.15, -0.1) is 0 Å². The molecule has 1 unspecified atom stereocenters. The minimum atomic E-state index is -0.561. The summed E-state index contributed by atoms with van der Waals surface area (Å²) in [5.41, 5.74) is 0. The Hall–Kier alpha value is -2.47. The molecule has 0 aliphatic carbocycles. The number of urea groups is 1. The first-order valence-electron chi connectivity index (χ1n) is 6.18. The number of phenolic OH excluding ortho intramolecular Hbond substituents is 1. The third kappa shape index (κ3) is 4.85. The molecule has 110 valence electrons. The van der Waals surface area contributed by atoms with Gasteiger partial charge in [0.25, 0.3) is 0 Å². The van der Waals surface area contributed by atoms with E-state index in [9.17, 15) is 4.79 Å². The molecule has 0 saturated carbocycles. The van der Waals surface area contributed by atoms with Crippen molar-refractivity contribution in [2.75, 3.05) is 5.32 Å². The molecule has 2 amide bonds. The highest BCUT2D eigenvalue weighted by molar-refractivity contribution is 6.30. The average molecular weight is 308 g/mol. The molecule has 7 heteroatoms. The molecule has 2 rings (SSSR count). The van der Waals surface area contributed by atoms with Gasteiger partial charge in [0.2, 0.25) is 0 Å². The molecule has 0 radical (unpaired) electrons. The van der Waals surface area contributed by atoms with Crippen LogP contribution in [0.3, 0.4) is 0 Å². The van der Waals surface area contributed by atoms with Crippen LogP contribution in [0.25, 0.3) is 0 Å². The molecule has 1 heterocycles. The van der Waals surface area contributed by atoms with Crippen LogP contribution in [-0.4, -0.2) is 22.3 Å². The smallest absolute Gasteiger partial charge is 0.323 e. The van der Waals surface area contributed by atoms with Gasteiger partial charge < -0.3 is 15.2 Å². The number of hydrogen-bond acceptors (Lipinski definition) is 4. The molecule has 21 heavy (non-hydrogen) atoms. The monoisotopic (exact) mass is 307 g/mol. The van der Waals surface area contributed by atoms with Crippen LogP contribution in [0.5, 0.6) is 11.5 Å². The lowest BCUT2D eigenvalue weighted by molar-refractivity contribution is 0.183. The molecule has 0 bridgehead atoms. The molecular formula is C14H14ClN3O3. The predicted molar refractivity (Wildman–Crippen MR) is 79.6 cm³/mol. The second-order valence-electron chi connectivity index (χ2n) is 4.21. The number of hydrogen-bond donors (Lipinski definition) is 3. The van der Waals surface area contributed by atoms with Crippen LogP contribution in [0.4, 0.5) is 10.6 Å². The summed E-state index contributed by atoms with van der Waals surface area (Å²) in [6.45, 7) is 1.68. The summed E-state index contributed by atoms with van der Waals surface area (Å²) < 4.78 is 5.47. The van der Waals surface area contributed by atoms with Crippen molar-refractivity contribution in [2.24, 2.45) is 0 Å². The largest absolute Gasteiger partial charge is 0.508 e. The second-order valence-corrected chi connectivity index (χ2v) is 4.65. The Labute approximate surface area is 126 Å². The summed E-state index contributed by atoms with van der Waals surface area (Å²) in [6, 6.07) is 8.88. The van der Waals surface area contributed by atoms with Crippen molar-refractivity contribution in [2.45, 2.75) is 13.2 Å². The fourth-order valence-electron chi connectivity index (χ4n) is 1.57. The lowest BCUT2D eigenvalue weighted by Crippen LogP contribution is -2.39. The maximum atomic E-state index is 11.8. The van der Waals surface area contributed by atoms with Gasteiger partial charge >= 0.3 is 6.03 Å². The number of ether oxygens (including phenoxy) is 1. The molecule has 3 N–H and O–H groups in total. The number of nitrogens with zero attached hydrogens (tertiary/aromatic N) is 1. The maximum Gasteiger partial charge on any atom is 0.323 e. The van der Waals surface area contributed by atoms with Gasteiger partial charge in [0.05, 0.1) is 0 Å². The summed E-state index contributed by atoms with van der Waals surface area (Å²) in [4.78, 5) is 15.7. The highest BCUT2D eigenvalue weighted by Crippen LogP contribution is 2.16.